The fraction of sp³-hybridized carbons (Fsp3) is 0.923. The van der Waals surface area contributed by atoms with E-state index in [0.717, 1.165) is 13.1 Å². The molecule has 98 valence electrons. The molecule has 4 heteroatoms. The molecule has 1 N–H and O–H groups in total. The standard InChI is InChI=1S/C13H24N2O2/c1-2-5-14-6-3-12(4-7-14)15-9-11(10-15)8-13(16)17/h11-12H,2-10H2,1H3,(H,16,17). The smallest absolute Gasteiger partial charge is 0.303 e. The normalized spacial score (nSPS) is 24.8. The van der Waals surface area contributed by atoms with Crippen molar-refractivity contribution in [3.8, 4) is 0 Å². The third kappa shape index (κ3) is 3.42. The molecule has 0 aliphatic carbocycles. The van der Waals surface area contributed by atoms with E-state index in [9.17, 15) is 4.79 Å². The van der Waals surface area contributed by atoms with Gasteiger partial charge >= 0.3 is 5.97 Å². The van der Waals surface area contributed by atoms with E-state index in [1.165, 1.54) is 38.9 Å². The summed E-state index contributed by atoms with van der Waals surface area (Å²) < 4.78 is 0. The summed E-state index contributed by atoms with van der Waals surface area (Å²) in [4.78, 5) is 15.6. The van der Waals surface area contributed by atoms with Crippen LogP contribution in [0.5, 0.6) is 0 Å². The van der Waals surface area contributed by atoms with Gasteiger partial charge in [0, 0.05) is 19.1 Å². The average molecular weight is 240 g/mol. The van der Waals surface area contributed by atoms with Crippen molar-refractivity contribution < 1.29 is 9.90 Å². The van der Waals surface area contributed by atoms with Gasteiger partial charge in [-0.3, -0.25) is 9.69 Å². The third-order valence-corrected chi connectivity index (χ3v) is 4.06. The van der Waals surface area contributed by atoms with Crippen LogP contribution in [0.4, 0.5) is 0 Å². The van der Waals surface area contributed by atoms with Crippen LogP contribution in [0.15, 0.2) is 0 Å². The Hall–Kier alpha value is -0.610. The number of rotatable bonds is 5. The summed E-state index contributed by atoms with van der Waals surface area (Å²) in [6.45, 7) is 7.92. The Bertz CT molecular complexity index is 256. The average Bonchev–Trinajstić information content (AvgIpc) is 2.24. The minimum absolute atomic E-state index is 0.352. The minimum atomic E-state index is -0.646. The highest BCUT2D eigenvalue weighted by Gasteiger charge is 2.34. The molecule has 2 rings (SSSR count). The molecule has 2 heterocycles. The molecule has 0 atom stereocenters. The van der Waals surface area contributed by atoms with Crippen molar-refractivity contribution in [2.24, 2.45) is 5.92 Å². The minimum Gasteiger partial charge on any atom is -0.481 e. The number of carbonyl (C=O) groups is 1. The second-order valence-electron chi connectivity index (χ2n) is 5.49. The van der Waals surface area contributed by atoms with Gasteiger partial charge in [-0.05, 0) is 44.8 Å². The maximum absolute atomic E-state index is 10.6. The van der Waals surface area contributed by atoms with Crippen LogP contribution in [-0.2, 0) is 4.79 Å². The lowest BCUT2D eigenvalue weighted by atomic mass is 9.91. The summed E-state index contributed by atoms with van der Waals surface area (Å²) in [6, 6.07) is 0.716. The van der Waals surface area contributed by atoms with Crippen LogP contribution in [0.1, 0.15) is 32.6 Å². The Labute approximate surface area is 104 Å². The zero-order chi connectivity index (χ0) is 12.3. The molecule has 0 aromatic rings. The fourth-order valence-electron chi connectivity index (χ4n) is 3.11. The van der Waals surface area contributed by atoms with Crippen molar-refractivity contribution in [2.75, 3.05) is 32.7 Å². The zero-order valence-corrected chi connectivity index (χ0v) is 10.8. The lowest BCUT2D eigenvalue weighted by molar-refractivity contribution is -0.140. The van der Waals surface area contributed by atoms with Crippen LogP contribution in [-0.4, -0.2) is 59.6 Å². The highest BCUT2D eigenvalue weighted by molar-refractivity contribution is 5.67. The molecule has 2 aliphatic rings. The number of likely N-dealkylation sites (tertiary alicyclic amines) is 2. The molecule has 17 heavy (non-hydrogen) atoms. The molecular formula is C13H24N2O2. The molecule has 2 fully saturated rings. The van der Waals surface area contributed by atoms with E-state index in [1.807, 2.05) is 0 Å². The highest BCUT2D eigenvalue weighted by Crippen LogP contribution is 2.26. The van der Waals surface area contributed by atoms with E-state index in [0.29, 0.717) is 18.4 Å². The quantitative estimate of drug-likeness (QED) is 0.786. The van der Waals surface area contributed by atoms with Gasteiger partial charge in [-0.1, -0.05) is 6.92 Å². The lowest BCUT2D eigenvalue weighted by Gasteiger charge is -2.47. The van der Waals surface area contributed by atoms with Crippen molar-refractivity contribution in [3.05, 3.63) is 0 Å². The number of piperidine rings is 1. The van der Waals surface area contributed by atoms with Gasteiger partial charge in [-0.15, -0.1) is 0 Å². The van der Waals surface area contributed by atoms with Crippen molar-refractivity contribution in [1.82, 2.24) is 9.80 Å². The predicted octanol–water partition coefficient (Wildman–Crippen LogP) is 1.27. The Balaban J connectivity index is 1.64. The molecule has 0 aromatic carbocycles. The monoisotopic (exact) mass is 240 g/mol. The van der Waals surface area contributed by atoms with Crippen LogP contribution in [0.3, 0.4) is 0 Å². The Morgan fingerprint density at radius 3 is 2.47 bits per heavy atom. The molecule has 4 nitrogen and oxygen atoms in total. The molecule has 0 radical (unpaired) electrons. The van der Waals surface area contributed by atoms with E-state index in [4.69, 9.17) is 5.11 Å². The first kappa shape index (κ1) is 12.8. The first-order valence-corrected chi connectivity index (χ1v) is 6.87. The third-order valence-electron chi connectivity index (χ3n) is 4.06. The zero-order valence-electron chi connectivity index (χ0n) is 10.8. The van der Waals surface area contributed by atoms with Crippen molar-refractivity contribution in [2.45, 2.75) is 38.6 Å². The molecule has 0 bridgehead atoms. The van der Waals surface area contributed by atoms with Crippen LogP contribution < -0.4 is 0 Å². The Morgan fingerprint density at radius 1 is 1.29 bits per heavy atom. The maximum Gasteiger partial charge on any atom is 0.303 e. The molecule has 2 aliphatic heterocycles. The van der Waals surface area contributed by atoms with Gasteiger partial charge in [-0.25, -0.2) is 0 Å². The van der Waals surface area contributed by atoms with Gasteiger partial charge in [0.2, 0.25) is 0 Å². The molecule has 0 spiro atoms. The molecule has 2 saturated heterocycles. The first-order chi connectivity index (χ1) is 8.19. The van der Waals surface area contributed by atoms with Crippen molar-refractivity contribution in [1.29, 1.82) is 0 Å². The van der Waals surface area contributed by atoms with Gasteiger partial charge in [0.05, 0.1) is 6.42 Å². The van der Waals surface area contributed by atoms with E-state index < -0.39 is 5.97 Å². The topological polar surface area (TPSA) is 43.8 Å². The second-order valence-corrected chi connectivity index (χ2v) is 5.49. The SMILES string of the molecule is CCCN1CCC(N2CC(CC(=O)O)C2)CC1. The van der Waals surface area contributed by atoms with E-state index in [2.05, 4.69) is 16.7 Å². The summed E-state index contributed by atoms with van der Waals surface area (Å²) in [7, 11) is 0. The van der Waals surface area contributed by atoms with Gasteiger partial charge in [-0.2, -0.15) is 0 Å². The number of carboxylic acids is 1. The van der Waals surface area contributed by atoms with Crippen LogP contribution in [0, 0.1) is 5.92 Å². The number of hydrogen-bond donors (Lipinski definition) is 1. The summed E-state index contributed by atoms with van der Waals surface area (Å²) in [5.74, 6) is -0.242. The van der Waals surface area contributed by atoms with E-state index in [-0.39, 0.29) is 0 Å². The molecular weight excluding hydrogens is 216 g/mol. The molecule has 0 saturated carbocycles. The fourth-order valence-corrected chi connectivity index (χ4v) is 3.11. The summed E-state index contributed by atoms with van der Waals surface area (Å²) in [5.41, 5.74) is 0. The van der Waals surface area contributed by atoms with Gasteiger partial charge < -0.3 is 10.0 Å². The van der Waals surface area contributed by atoms with Crippen LogP contribution in [0.2, 0.25) is 0 Å². The van der Waals surface area contributed by atoms with E-state index >= 15 is 0 Å². The molecule has 0 amide bonds. The summed E-state index contributed by atoms with van der Waals surface area (Å²) in [6.07, 6.45) is 4.12. The summed E-state index contributed by atoms with van der Waals surface area (Å²) >= 11 is 0. The summed E-state index contributed by atoms with van der Waals surface area (Å²) in [5, 5.41) is 8.71. The van der Waals surface area contributed by atoms with Crippen molar-refractivity contribution in [3.63, 3.8) is 0 Å². The number of aliphatic carboxylic acids is 1. The number of carboxylic acid groups (broad SMARTS) is 1. The molecule has 0 unspecified atom stereocenters. The van der Waals surface area contributed by atoms with Crippen LogP contribution >= 0.6 is 0 Å². The first-order valence-electron chi connectivity index (χ1n) is 6.87. The number of nitrogens with zero attached hydrogens (tertiary/aromatic N) is 2. The Morgan fingerprint density at radius 2 is 1.94 bits per heavy atom. The van der Waals surface area contributed by atoms with Gasteiger partial charge in [0.25, 0.3) is 0 Å². The number of hydrogen-bond acceptors (Lipinski definition) is 3. The molecule has 0 aromatic heterocycles. The predicted molar refractivity (Wildman–Crippen MR) is 67.1 cm³/mol. The maximum atomic E-state index is 10.6. The lowest BCUT2D eigenvalue weighted by Crippen LogP contribution is -2.55. The van der Waals surface area contributed by atoms with Crippen LogP contribution in [0.25, 0.3) is 0 Å². The second kappa shape index (κ2) is 5.83. The van der Waals surface area contributed by atoms with Gasteiger partial charge in [0.15, 0.2) is 0 Å². The van der Waals surface area contributed by atoms with Gasteiger partial charge in [0.1, 0.15) is 0 Å². The Kier molecular flexibility index (Phi) is 4.40. The van der Waals surface area contributed by atoms with Crippen molar-refractivity contribution >= 4 is 5.97 Å². The largest absolute Gasteiger partial charge is 0.481 e. The highest BCUT2D eigenvalue weighted by atomic mass is 16.4. The van der Waals surface area contributed by atoms with E-state index in [1.54, 1.807) is 0 Å².